The third-order valence-corrected chi connectivity index (χ3v) is 8.94. The van der Waals surface area contributed by atoms with E-state index in [0.29, 0.717) is 5.57 Å². The second-order valence-corrected chi connectivity index (χ2v) is 13.4. The lowest BCUT2D eigenvalue weighted by Crippen LogP contribution is -2.44. The highest BCUT2D eigenvalue weighted by Gasteiger charge is 2.27. The van der Waals surface area contributed by atoms with Crippen molar-refractivity contribution in [3.63, 3.8) is 0 Å². The molecular weight excluding hydrogens is 380 g/mol. The van der Waals surface area contributed by atoms with Gasteiger partial charge in [0.05, 0.1) is 21.3 Å². The van der Waals surface area contributed by atoms with E-state index in [9.17, 15) is 9.59 Å². The summed E-state index contributed by atoms with van der Waals surface area (Å²) in [5, 5.41) is 1.53. The summed E-state index contributed by atoms with van der Waals surface area (Å²) in [4.78, 5) is 23.2. The average Bonchev–Trinajstić information content (AvgIpc) is 2.61. The molecule has 1 atom stereocenters. The van der Waals surface area contributed by atoms with E-state index in [1.165, 1.54) is 21.9 Å². The van der Waals surface area contributed by atoms with Gasteiger partial charge in [-0.3, -0.25) is 0 Å². The van der Waals surface area contributed by atoms with E-state index in [-0.39, 0.29) is 19.1 Å². The largest absolute Gasteiger partial charge is 0.462 e. The first-order valence-corrected chi connectivity index (χ1v) is 13.4. The van der Waals surface area contributed by atoms with Gasteiger partial charge in [-0.25, -0.2) is 9.59 Å². The van der Waals surface area contributed by atoms with Crippen molar-refractivity contribution in [1.82, 2.24) is 0 Å². The molecule has 0 radical (unpaired) electrons. The summed E-state index contributed by atoms with van der Waals surface area (Å²) in [6.07, 6.45) is 2.97. The van der Waals surface area contributed by atoms with Crippen LogP contribution in [0.25, 0.3) is 0 Å². The molecule has 160 valence electrons. The number of benzene rings is 1. The van der Waals surface area contributed by atoms with E-state index in [1.807, 2.05) is 0 Å². The van der Waals surface area contributed by atoms with Crippen molar-refractivity contribution in [3.8, 4) is 0 Å². The van der Waals surface area contributed by atoms with Crippen molar-refractivity contribution >= 4 is 25.2 Å². The number of hydrogen-bond donors (Lipinski definition) is 0. The lowest BCUT2D eigenvalue weighted by Gasteiger charge is -2.28. The standard InChI is InChI=1S/C24H36O4Si/c1-9-22(25)27-15-21(16-28-24(26)17(2)3)11-10-12-29(7,8)23-19(5)13-18(4)14-20(23)6/h9,13-14,21H,1-2,10-12,15-16H2,3-8H3. The summed E-state index contributed by atoms with van der Waals surface area (Å²) < 4.78 is 10.5. The van der Waals surface area contributed by atoms with E-state index < -0.39 is 20.0 Å². The first kappa shape index (κ1) is 24.9. The minimum absolute atomic E-state index is 0.0350. The van der Waals surface area contributed by atoms with Crippen LogP contribution in [-0.2, 0) is 19.1 Å². The quantitative estimate of drug-likeness (QED) is 0.296. The predicted octanol–water partition coefficient (Wildman–Crippen LogP) is 4.77. The monoisotopic (exact) mass is 416 g/mol. The Bertz CT molecular complexity index is 741. The molecule has 0 amide bonds. The maximum absolute atomic E-state index is 11.7. The smallest absolute Gasteiger partial charge is 0.333 e. The van der Waals surface area contributed by atoms with Gasteiger partial charge in [0, 0.05) is 17.6 Å². The summed E-state index contributed by atoms with van der Waals surface area (Å²) in [5.74, 6) is -0.903. The van der Waals surface area contributed by atoms with Gasteiger partial charge in [0.1, 0.15) is 0 Å². The zero-order valence-electron chi connectivity index (χ0n) is 18.9. The molecule has 1 unspecified atom stereocenters. The first-order chi connectivity index (χ1) is 13.5. The molecule has 0 aromatic heterocycles. The van der Waals surface area contributed by atoms with Crippen LogP contribution >= 0.6 is 0 Å². The zero-order chi connectivity index (χ0) is 22.2. The molecule has 0 spiro atoms. The van der Waals surface area contributed by atoms with E-state index in [0.717, 1.165) is 25.0 Å². The summed E-state index contributed by atoms with van der Waals surface area (Å²) >= 11 is 0. The van der Waals surface area contributed by atoms with Crippen molar-refractivity contribution in [1.29, 1.82) is 0 Å². The summed E-state index contributed by atoms with van der Waals surface area (Å²) in [5.41, 5.74) is 4.43. The molecule has 0 aliphatic carbocycles. The summed E-state index contributed by atoms with van der Waals surface area (Å²) in [6, 6.07) is 5.66. The van der Waals surface area contributed by atoms with E-state index in [1.54, 1.807) is 6.92 Å². The molecule has 0 N–H and O–H groups in total. The molecule has 1 rings (SSSR count). The van der Waals surface area contributed by atoms with Crippen molar-refractivity contribution in [2.75, 3.05) is 13.2 Å². The maximum atomic E-state index is 11.7. The first-order valence-electron chi connectivity index (χ1n) is 10.2. The van der Waals surface area contributed by atoms with Crippen LogP contribution in [-0.4, -0.2) is 33.2 Å². The summed E-state index contributed by atoms with van der Waals surface area (Å²) in [6.45, 7) is 20.5. The molecule has 29 heavy (non-hydrogen) atoms. The lowest BCUT2D eigenvalue weighted by atomic mass is 10.1. The number of carbonyl (C=O) groups excluding carboxylic acids is 2. The number of hydrogen-bond acceptors (Lipinski definition) is 4. The van der Waals surface area contributed by atoms with Gasteiger partial charge in [0.15, 0.2) is 0 Å². The highest BCUT2D eigenvalue weighted by atomic mass is 28.3. The molecular formula is C24H36O4Si. The number of ether oxygens (including phenoxy) is 2. The van der Waals surface area contributed by atoms with Gasteiger partial charge in [-0.2, -0.15) is 0 Å². The number of carbonyl (C=O) groups is 2. The van der Waals surface area contributed by atoms with Gasteiger partial charge in [0.2, 0.25) is 0 Å². The Balaban J connectivity index is 2.76. The maximum Gasteiger partial charge on any atom is 0.333 e. The molecule has 0 saturated carbocycles. The van der Waals surface area contributed by atoms with Gasteiger partial charge < -0.3 is 9.47 Å². The third-order valence-electron chi connectivity index (χ3n) is 5.19. The fourth-order valence-electron chi connectivity index (χ4n) is 4.00. The number of aryl methyl sites for hydroxylation is 3. The highest BCUT2D eigenvalue weighted by molar-refractivity contribution is 6.90. The van der Waals surface area contributed by atoms with Crippen molar-refractivity contribution in [2.24, 2.45) is 5.92 Å². The van der Waals surface area contributed by atoms with Gasteiger partial charge in [0.25, 0.3) is 0 Å². The van der Waals surface area contributed by atoms with Crippen LogP contribution in [0.4, 0.5) is 0 Å². The molecule has 0 fully saturated rings. The topological polar surface area (TPSA) is 52.6 Å². The van der Waals surface area contributed by atoms with Gasteiger partial charge in [-0.1, -0.05) is 72.7 Å². The zero-order valence-corrected chi connectivity index (χ0v) is 19.9. The van der Waals surface area contributed by atoms with Crippen LogP contribution in [0.2, 0.25) is 19.1 Å². The van der Waals surface area contributed by atoms with Crippen LogP contribution in [0.5, 0.6) is 0 Å². The Labute approximate surface area is 177 Å². The van der Waals surface area contributed by atoms with Gasteiger partial charge in [-0.15, -0.1) is 0 Å². The van der Waals surface area contributed by atoms with Crippen molar-refractivity contribution < 1.29 is 19.1 Å². The number of esters is 2. The fraction of sp³-hybridized carbons (Fsp3) is 0.500. The predicted molar refractivity (Wildman–Crippen MR) is 122 cm³/mol. The van der Waals surface area contributed by atoms with E-state index in [2.05, 4.69) is 59.2 Å². The Hall–Kier alpha value is -2.14. The molecule has 0 bridgehead atoms. The Morgan fingerprint density at radius 3 is 2.17 bits per heavy atom. The van der Waals surface area contributed by atoms with Gasteiger partial charge >= 0.3 is 11.9 Å². The third kappa shape index (κ3) is 8.01. The second-order valence-electron chi connectivity index (χ2n) is 8.63. The molecule has 1 aromatic carbocycles. The van der Waals surface area contributed by atoms with Crippen molar-refractivity contribution in [2.45, 2.75) is 59.7 Å². The Morgan fingerprint density at radius 1 is 1.10 bits per heavy atom. The second kappa shape index (κ2) is 11.1. The molecule has 4 nitrogen and oxygen atoms in total. The number of rotatable bonds is 11. The van der Waals surface area contributed by atoms with Gasteiger partial charge in [-0.05, 0) is 34.1 Å². The normalized spacial score (nSPS) is 12.2. The van der Waals surface area contributed by atoms with Crippen LogP contribution in [0.1, 0.15) is 36.5 Å². The Morgan fingerprint density at radius 2 is 1.66 bits per heavy atom. The van der Waals surface area contributed by atoms with E-state index >= 15 is 0 Å². The molecule has 0 aliphatic rings. The van der Waals surface area contributed by atoms with E-state index in [4.69, 9.17) is 9.47 Å². The molecule has 5 heteroatoms. The van der Waals surface area contributed by atoms with Crippen LogP contribution < -0.4 is 5.19 Å². The Kier molecular flexibility index (Phi) is 9.57. The fourth-order valence-corrected chi connectivity index (χ4v) is 7.61. The van der Waals surface area contributed by atoms with Crippen LogP contribution in [0.15, 0.2) is 36.9 Å². The molecule has 0 saturated heterocycles. The molecule has 0 heterocycles. The van der Waals surface area contributed by atoms with Crippen molar-refractivity contribution in [3.05, 3.63) is 53.6 Å². The lowest BCUT2D eigenvalue weighted by molar-refractivity contribution is -0.143. The minimum Gasteiger partial charge on any atom is -0.462 e. The average molecular weight is 417 g/mol. The summed E-state index contributed by atoms with van der Waals surface area (Å²) in [7, 11) is -1.62. The SMILES string of the molecule is C=CC(=O)OCC(CCC[Si](C)(C)c1c(C)cc(C)cc1C)COC(=O)C(=C)C. The molecule has 1 aromatic rings. The van der Waals surface area contributed by atoms with Crippen LogP contribution in [0, 0.1) is 26.7 Å². The minimum atomic E-state index is -1.62. The highest BCUT2D eigenvalue weighted by Crippen LogP contribution is 2.21. The van der Waals surface area contributed by atoms with Crippen LogP contribution in [0.3, 0.4) is 0 Å². The molecule has 0 aliphatic heterocycles.